The van der Waals surface area contributed by atoms with Crippen LogP contribution in [-0.4, -0.2) is 11.5 Å². The highest BCUT2D eigenvalue weighted by Gasteiger charge is 2.02. The highest BCUT2D eigenvalue weighted by atomic mass is 35.5. The molecule has 5 heteroatoms. The summed E-state index contributed by atoms with van der Waals surface area (Å²) in [7, 11) is 0. The second-order valence-corrected chi connectivity index (χ2v) is 5.14. The first-order valence-electron chi connectivity index (χ1n) is 5.80. The molecule has 0 radical (unpaired) electrons. The molecule has 1 heterocycles. The van der Waals surface area contributed by atoms with Crippen LogP contribution in [0.25, 0.3) is 0 Å². The smallest absolute Gasteiger partial charge is 0.131 e. The highest BCUT2D eigenvalue weighted by Crippen LogP contribution is 2.19. The fourth-order valence-electron chi connectivity index (χ4n) is 1.44. The van der Waals surface area contributed by atoms with Gasteiger partial charge in [0.25, 0.3) is 0 Å². The van der Waals surface area contributed by atoms with Crippen LogP contribution in [-0.2, 0) is 13.2 Å². The molecular formula is C13H15ClN2OS. The van der Waals surface area contributed by atoms with Crippen molar-refractivity contribution in [1.29, 1.82) is 0 Å². The first kappa shape index (κ1) is 13.3. The lowest BCUT2D eigenvalue weighted by atomic mass is 10.3. The maximum absolute atomic E-state index is 5.89. The van der Waals surface area contributed by atoms with Gasteiger partial charge < -0.3 is 10.1 Å². The van der Waals surface area contributed by atoms with E-state index in [0.29, 0.717) is 11.6 Å². The molecule has 0 unspecified atom stereocenters. The van der Waals surface area contributed by atoms with Crippen LogP contribution in [0.15, 0.2) is 29.6 Å². The van der Waals surface area contributed by atoms with Gasteiger partial charge in [0.2, 0.25) is 0 Å². The van der Waals surface area contributed by atoms with Gasteiger partial charge in [-0.05, 0) is 24.7 Å². The Morgan fingerprint density at radius 3 is 3.11 bits per heavy atom. The van der Waals surface area contributed by atoms with E-state index in [-0.39, 0.29) is 0 Å². The number of halogens is 1. The molecule has 0 aliphatic rings. The van der Waals surface area contributed by atoms with Gasteiger partial charge in [-0.3, -0.25) is 0 Å². The van der Waals surface area contributed by atoms with Crippen molar-refractivity contribution in [1.82, 2.24) is 10.3 Å². The Labute approximate surface area is 116 Å². The SMILES string of the molecule is CCNCc1nc(COc2cccc(Cl)c2)cs1. The molecule has 0 bridgehead atoms. The molecule has 96 valence electrons. The third-order valence-corrected chi connectivity index (χ3v) is 3.44. The fraction of sp³-hybridized carbons (Fsp3) is 0.308. The summed E-state index contributed by atoms with van der Waals surface area (Å²) in [6, 6.07) is 7.38. The van der Waals surface area contributed by atoms with Crippen LogP contribution in [0.5, 0.6) is 5.75 Å². The summed E-state index contributed by atoms with van der Waals surface area (Å²) in [5.74, 6) is 0.767. The Kier molecular flexibility index (Phi) is 4.99. The zero-order valence-corrected chi connectivity index (χ0v) is 11.7. The van der Waals surface area contributed by atoms with E-state index < -0.39 is 0 Å². The summed E-state index contributed by atoms with van der Waals surface area (Å²) >= 11 is 7.53. The molecule has 18 heavy (non-hydrogen) atoms. The average molecular weight is 283 g/mol. The molecule has 0 saturated carbocycles. The van der Waals surface area contributed by atoms with E-state index in [4.69, 9.17) is 16.3 Å². The second kappa shape index (κ2) is 6.73. The molecule has 0 fully saturated rings. The van der Waals surface area contributed by atoms with Crippen LogP contribution < -0.4 is 10.1 Å². The molecule has 0 saturated heterocycles. The van der Waals surface area contributed by atoms with Crippen molar-refractivity contribution in [2.75, 3.05) is 6.54 Å². The van der Waals surface area contributed by atoms with Crippen molar-refractivity contribution in [3.63, 3.8) is 0 Å². The molecule has 2 rings (SSSR count). The summed E-state index contributed by atoms with van der Waals surface area (Å²) in [4.78, 5) is 4.48. The lowest BCUT2D eigenvalue weighted by Gasteiger charge is -2.04. The molecule has 0 amide bonds. The molecule has 2 aromatic rings. The van der Waals surface area contributed by atoms with Gasteiger partial charge in [0.05, 0.1) is 5.69 Å². The zero-order chi connectivity index (χ0) is 12.8. The minimum atomic E-state index is 0.475. The van der Waals surface area contributed by atoms with E-state index >= 15 is 0 Å². The Morgan fingerprint density at radius 2 is 2.33 bits per heavy atom. The number of aromatic nitrogens is 1. The van der Waals surface area contributed by atoms with Crippen LogP contribution in [0.3, 0.4) is 0 Å². The normalized spacial score (nSPS) is 10.6. The lowest BCUT2D eigenvalue weighted by molar-refractivity contribution is 0.302. The lowest BCUT2D eigenvalue weighted by Crippen LogP contribution is -2.11. The molecule has 0 aliphatic carbocycles. The summed E-state index contributed by atoms with van der Waals surface area (Å²) in [6.45, 7) is 4.33. The van der Waals surface area contributed by atoms with Crippen molar-refractivity contribution in [2.45, 2.75) is 20.1 Å². The van der Waals surface area contributed by atoms with Gasteiger partial charge in [-0.25, -0.2) is 4.98 Å². The van der Waals surface area contributed by atoms with E-state index in [1.54, 1.807) is 17.4 Å². The number of hydrogen-bond donors (Lipinski definition) is 1. The quantitative estimate of drug-likeness (QED) is 0.881. The van der Waals surface area contributed by atoms with Gasteiger partial charge in [-0.15, -0.1) is 11.3 Å². The van der Waals surface area contributed by atoms with Crippen molar-refractivity contribution in [3.8, 4) is 5.75 Å². The maximum Gasteiger partial charge on any atom is 0.131 e. The molecular weight excluding hydrogens is 268 g/mol. The molecule has 0 atom stereocenters. The fourth-order valence-corrected chi connectivity index (χ4v) is 2.37. The van der Waals surface area contributed by atoms with Gasteiger partial charge in [0.1, 0.15) is 17.4 Å². The number of nitrogens with zero attached hydrogens (tertiary/aromatic N) is 1. The minimum absolute atomic E-state index is 0.475. The largest absolute Gasteiger partial charge is 0.487 e. The standard InChI is InChI=1S/C13H15ClN2OS/c1-2-15-7-13-16-11(9-18-13)8-17-12-5-3-4-10(14)6-12/h3-6,9,15H,2,7-8H2,1H3. The van der Waals surface area contributed by atoms with E-state index in [0.717, 1.165) is 29.5 Å². The number of hydrogen-bond acceptors (Lipinski definition) is 4. The average Bonchev–Trinajstić information content (AvgIpc) is 2.82. The van der Waals surface area contributed by atoms with Crippen LogP contribution in [0, 0.1) is 0 Å². The summed E-state index contributed by atoms with van der Waals surface area (Å²) in [5, 5.41) is 7.04. The molecule has 1 aromatic carbocycles. The number of rotatable bonds is 6. The van der Waals surface area contributed by atoms with Crippen LogP contribution in [0.4, 0.5) is 0 Å². The van der Waals surface area contributed by atoms with Gasteiger partial charge in [-0.1, -0.05) is 24.6 Å². The Morgan fingerprint density at radius 1 is 1.44 bits per heavy atom. The van der Waals surface area contributed by atoms with Crippen molar-refractivity contribution >= 4 is 22.9 Å². The van der Waals surface area contributed by atoms with Crippen LogP contribution >= 0.6 is 22.9 Å². The van der Waals surface area contributed by atoms with E-state index in [2.05, 4.69) is 17.2 Å². The first-order chi connectivity index (χ1) is 8.78. The highest BCUT2D eigenvalue weighted by molar-refractivity contribution is 7.09. The Hall–Kier alpha value is -1.10. The Bertz CT molecular complexity index is 501. The zero-order valence-electron chi connectivity index (χ0n) is 10.1. The van der Waals surface area contributed by atoms with Gasteiger partial charge in [-0.2, -0.15) is 0 Å². The monoisotopic (exact) mass is 282 g/mol. The van der Waals surface area contributed by atoms with Gasteiger partial charge >= 0.3 is 0 Å². The molecule has 1 aromatic heterocycles. The van der Waals surface area contributed by atoms with Crippen LogP contribution in [0.1, 0.15) is 17.6 Å². The molecule has 0 spiro atoms. The second-order valence-electron chi connectivity index (χ2n) is 3.76. The number of benzene rings is 1. The summed E-state index contributed by atoms with van der Waals surface area (Å²) in [6.07, 6.45) is 0. The Balaban J connectivity index is 1.88. The van der Waals surface area contributed by atoms with Crippen molar-refractivity contribution < 1.29 is 4.74 Å². The minimum Gasteiger partial charge on any atom is -0.487 e. The van der Waals surface area contributed by atoms with Gasteiger partial charge in [0.15, 0.2) is 0 Å². The third kappa shape index (κ3) is 3.98. The van der Waals surface area contributed by atoms with E-state index in [9.17, 15) is 0 Å². The summed E-state index contributed by atoms with van der Waals surface area (Å²) in [5.41, 5.74) is 0.952. The third-order valence-electron chi connectivity index (χ3n) is 2.31. The number of nitrogens with one attached hydrogen (secondary N) is 1. The molecule has 3 nitrogen and oxygen atoms in total. The molecule has 1 N–H and O–H groups in total. The van der Waals surface area contributed by atoms with Gasteiger partial charge in [0, 0.05) is 16.9 Å². The van der Waals surface area contributed by atoms with Crippen LogP contribution in [0.2, 0.25) is 5.02 Å². The predicted molar refractivity (Wildman–Crippen MR) is 75.3 cm³/mol. The number of thiazole rings is 1. The van der Waals surface area contributed by atoms with E-state index in [1.165, 1.54) is 0 Å². The maximum atomic E-state index is 5.89. The number of ether oxygens (including phenoxy) is 1. The first-order valence-corrected chi connectivity index (χ1v) is 7.06. The molecule has 0 aliphatic heterocycles. The predicted octanol–water partition coefficient (Wildman–Crippen LogP) is 3.49. The van der Waals surface area contributed by atoms with Crippen molar-refractivity contribution in [3.05, 3.63) is 45.4 Å². The van der Waals surface area contributed by atoms with E-state index in [1.807, 2.05) is 23.6 Å². The summed E-state index contributed by atoms with van der Waals surface area (Å²) < 4.78 is 5.63. The topological polar surface area (TPSA) is 34.2 Å². The van der Waals surface area contributed by atoms with Crippen molar-refractivity contribution in [2.24, 2.45) is 0 Å².